The Morgan fingerprint density at radius 1 is 1.53 bits per heavy atom. The molecule has 0 aliphatic carbocycles. The molecule has 19 heavy (non-hydrogen) atoms. The van der Waals surface area contributed by atoms with E-state index in [1.807, 2.05) is 0 Å². The predicted molar refractivity (Wildman–Crippen MR) is 77.2 cm³/mol. The molecule has 1 unspecified atom stereocenters. The number of anilines is 1. The number of rotatable bonds is 2. The van der Waals surface area contributed by atoms with E-state index in [1.54, 1.807) is 13.0 Å². The van der Waals surface area contributed by atoms with Gasteiger partial charge in [-0.3, -0.25) is 4.79 Å². The number of hydrogen-bond acceptors (Lipinski definition) is 4. The first-order valence-corrected chi connectivity index (χ1v) is 8.81. The first-order chi connectivity index (χ1) is 8.70. The molecule has 1 aliphatic rings. The van der Waals surface area contributed by atoms with Gasteiger partial charge >= 0.3 is 0 Å². The summed E-state index contributed by atoms with van der Waals surface area (Å²) >= 11 is 9.30. The van der Waals surface area contributed by atoms with Gasteiger partial charge in [-0.1, -0.05) is 11.6 Å². The number of hydrogen-bond donors (Lipinski definition) is 0. The minimum Gasteiger partial charge on any atom is -0.308 e. The summed E-state index contributed by atoms with van der Waals surface area (Å²) in [5.74, 6) is -0.339. The molecule has 1 aliphatic heterocycles. The lowest BCUT2D eigenvalue weighted by atomic mass is 10.3. The molecule has 1 aromatic heterocycles. The maximum absolute atomic E-state index is 11.9. The van der Waals surface area contributed by atoms with Crippen LogP contribution in [-0.4, -0.2) is 31.1 Å². The molecule has 1 aromatic rings. The Morgan fingerprint density at radius 3 is 2.68 bits per heavy atom. The SMILES string of the molecule is Cc1nc(Cl)c(N2CC(S(=O)(=O)Cl)CC2=O)cc1Br. The maximum Gasteiger partial charge on any atom is 0.237 e. The van der Waals surface area contributed by atoms with Crippen molar-refractivity contribution >= 4 is 58.9 Å². The molecule has 2 rings (SSSR count). The smallest absolute Gasteiger partial charge is 0.237 e. The van der Waals surface area contributed by atoms with E-state index in [0.717, 1.165) is 0 Å². The standard InChI is InChI=1S/C10H9BrCl2N2O3S/c1-5-7(11)3-8(10(12)14-5)15-4-6(2-9(15)16)19(13,17)18/h3,6H,2,4H2,1H3. The summed E-state index contributed by atoms with van der Waals surface area (Å²) in [6.07, 6.45) is -0.145. The van der Waals surface area contributed by atoms with Crippen molar-refractivity contribution in [2.24, 2.45) is 0 Å². The van der Waals surface area contributed by atoms with Gasteiger partial charge in [0.1, 0.15) is 5.25 Å². The van der Waals surface area contributed by atoms with Crippen LogP contribution >= 0.6 is 38.2 Å². The molecule has 2 heterocycles. The van der Waals surface area contributed by atoms with Gasteiger partial charge in [0.05, 0.1) is 11.4 Å². The Hall–Kier alpha value is -0.370. The van der Waals surface area contributed by atoms with Gasteiger partial charge in [-0.05, 0) is 28.9 Å². The number of aryl methyl sites for hydroxylation is 1. The van der Waals surface area contributed by atoms with Crippen molar-refractivity contribution in [1.29, 1.82) is 0 Å². The number of halogens is 3. The van der Waals surface area contributed by atoms with E-state index < -0.39 is 14.3 Å². The second kappa shape index (κ2) is 5.20. The highest BCUT2D eigenvalue weighted by Gasteiger charge is 2.39. The fraction of sp³-hybridized carbons (Fsp3) is 0.400. The van der Waals surface area contributed by atoms with Gasteiger partial charge < -0.3 is 4.90 Å². The minimum absolute atomic E-state index is 0.0123. The van der Waals surface area contributed by atoms with Gasteiger partial charge in [-0.2, -0.15) is 0 Å². The Balaban J connectivity index is 2.39. The normalized spacial score (nSPS) is 20.1. The van der Waals surface area contributed by atoms with Gasteiger partial charge in [-0.15, -0.1) is 0 Å². The highest BCUT2D eigenvalue weighted by Crippen LogP contribution is 2.33. The first kappa shape index (κ1) is 15.0. The zero-order valence-corrected chi connectivity index (χ0v) is 13.6. The van der Waals surface area contributed by atoms with E-state index in [0.29, 0.717) is 15.9 Å². The molecule has 0 N–H and O–H groups in total. The molecule has 1 saturated heterocycles. The molecule has 1 amide bonds. The molecule has 5 nitrogen and oxygen atoms in total. The fourth-order valence-corrected chi connectivity index (χ4v) is 3.44. The summed E-state index contributed by atoms with van der Waals surface area (Å²) in [5, 5.41) is -0.764. The maximum atomic E-state index is 11.9. The van der Waals surface area contributed by atoms with Gasteiger partial charge in [0.15, 0.2) is 5.15 Å². The molecule has 0 saturated carbocycles. The molecule has 1 fully saturated rings. The third-order valence-electron chi connectivity index (χ3n) is 2.86. The summed E-state index contributed by atoms with van der Waals surface area (Å²) in [5.41, 5.74) is 1.06. The van der Waals surface area contributed by atoms with Crippen LogP contribution in [0.4, 0.5) is 5.69 Å². The highest BCUT2D eigenvalue weighted by atomic mass is 79.9. The molecule has 1 atom stereocenters. The van der Waals surface area contributed by atoms with Gasteiger partial charge in [0, 0.05) is 28.1 Å². The van der Waals surface area contributed by atoms with Crippen molar-refractivity contribution in [3.63, 3.8) is 0 Å². The van der Waals surface area contributed by atoms with Crippen LogP contribution in [0.1, 0.15) is 12.1 Å². The molecule has 9 heteroatoms. The number of carbonyl (C=O) groups excluding carboxylic acids is 1. The zero-order valence-electron chi connectivity index (χ0n) is 9.73. The Labute approximate surface area is 128 Å². The van der Waals surface area contributed by atoms with E-state index in [1.165, 1.54) is 4.90 Å². The van der Waals surface area contributed by atoms with Crippen LogP contribution in [0.5, 0.6) is 0 Å². The van der Waals surface area contributed by atoms with Crippen molar-refractivity contribution in [3.05, 3.63) is 21.4 Å². The molecular formula is C10H9BrCl2N2O3S. The molecule has 0 spiro atoms. The molecule has 0 radical (unpaired) electrons. The van der Waals surface area contributed by atoms with E-state index in [4.69, 9.17) is 22.3 Å². The van der Waals surface area contributed by atoms with E-state index in [9.17, 15) is 13.2 Å². The first-order valence-electron chi connectivity index (χ1n) is 5.26. The van der Waals surface area contributed by atoms with Crippen LogP contribution in [-0.2, 0) is 13.8 Å². The van der Waals surface area contributed by atoms with E-state index in [-0.39, 0.29) is 24.0 Å². The summed E-state index contributed by atoms with van der Waals surface area (Å²) in [6, 6.07) is 1.64. The molecule has 0 bridgehead atoms. The molecule has 0 aromatic carbocycles. The van der Waals surface area contributed by atoms with Gasteiger partial charge in [0.25, 0.3) is 0 Å². The summed E-state index contributed by atoms with van der Waals surface area (Å²) < 4.78 is 23.3. The van der Waals surface area contributed by atoms with Crippen LogP contribution in [0.3, 0.4) is 0 Å². The lowest BCUT2D eigenvalue weighted by molar-refractivity contribution is -0.117. The van der Waals surface area contributed by atoms with Crippen molar-refractivity contribution in [2.45, 2.75) is 18.6 Å². The number of aromatic nitrogens is 1. The predicted octanol–water partition coefficient (Wildman–Crippen LogP) is 2.48. The third kappa shape index (κ3) is 3.04. The van der Waals surface area contributed by atoms with Crippen LogP contribution in [0, 0.1) is 6.92 Å². The number of amides is 1. The van der Waals surface area contributed by atoms with Crippen molar-refractivity contribution in [3.8, 4) is 0 Å². The number of carbonyl (C=O) groups is 1. The Morgan fingerprint density at radius 2 is 2.16 bits per heavy atom. The van der Waals surface area contributed by atoms with Gasteiger partial charge in [0.2, 0.25) is 15.0 Å². The zero-order chi connectivity index (χ0) is 14.4. The summed E-state index contributed by atoms with van der Waals surface area (Å²) in [6.45, 7) is 1.75. The van der Waals surface area contributed by atoms with Crippen LogP contribution in [0.15, 0.2) is 10.5 Å². The second-order valence-electron chi connectivity index (χ2n) is 4.17. The lowest BCUT2D eigenvalue weighted by Gasteiger charge is -2.18. The van der Waals surface area contributed by atoms with E-state index in [2.05, 4.69) is 20.9 Å². The van der Waals surface area contributed by atoms with Gasteiger partial charge in [-0.25, -0.2) is 13.4 Å². The molecule has 104 valence electrons. The van der Waals surface area contributed by atoms with Crippen molar-refractivity contribution in [2.75, 3.05) is 11.4 Å². The van der Waals surface area contributed by atoms with Crippen LogP contribution in [0.2, 0.25) is 5.15 Å². The van der Waals surface area contributed by atoms with E-state index >= 15 is 0 Å². The Kier molecular flexibility index (Phi) is 4.11. The Bertz CT molecular complexity index is 650. The van der Waals surface area contributed by atoms with Crippen LogP contribution < -0.4 is 4.90 Å². The summed E-state index contributed by atoms with van der Waals surface area (Å²) in [4.78, 5) is 17.3. The van der Waals surface area contributed by atoms with Crippen molar-refractivity contribution in [1.82, 2.24) is 4.98 Å². The average molecular weight is 388 g/mol. The molecular weight excluding hydrogens is 379 g/mol. The topological polar surface area (TPSA) is 67.3 Å². The monoisotopic (exact) mass is 386 g/mol. The highest BCUT2D eigenvalue weighted by molar-refractivity contribution is 9.10. The summed E-state index contributed by atoms with van der Waals surface area (Å²) in [7, 11) is 1.52. The third-order valence-corrected chi connectivity index (χ3v) is 5.81. The average Bonchev–Trinajstić information content (AvgIpc) is 2.65. The quantitative estimate of drug-likeness (QED) is 0.577. The largest absolute Gasteiger partial charge is 0.308 e. The fourth-order valence-electron chi connectivity index (χ4n) is 1.83. The minimum atomic E-state index is -3.77. The second-order valence-corrected chi connectivity index (χ2v) is 8.29. The number of nitrogens with zero attached hydrogens (tertiary/aromatic N) is 2. The van der Waals surface area contributed by atoms with Crippen molar-refractivity contribution < 1.29 is 13.2 Å². The number of pyridine rings is 1. The van der Waals surface area contributed by atoms with Crippen LogP contribution in [0.25, 0.3) is 0 Å². The lowest BCUT2D eigenvalue weighted by Crippen LogP contribution is -2.27.